The second kappa shape index (κ2) is 4.90. The summed E-state index contributed by atoms with van der Waals surface area (Å²) in [6.45, 7) is 3.35. The molecule has 1 aromatic heterocycles. The predicted molar refractivity (Wildman–Crippen MR) is 60.9 cm³/mol. The number of methoxy groups -OCH3 is 1. The second-order valence-electron chi connectivity index (χ2n) is 3.95. The standard InChI is InChI=1S/C12H15NO3/c1-12(2,15)6-4-9-5-7-13-10(8-9)11(14)16-3/h4-8,15H,1-3H3/b6-4+. The Morgan fingerprint density at radius 2 is 2.25 bits per heavy atom. The lowest BCUT2D eigenvalue weighted by Crippen LogP contribution is -2.13. The molecule has 4 heteroatoms. The molecule has 0 amide bonds. The van der Waals surface area contributed by atoms with Crippen LogP contribution in [0.4, 0.5) is 0 Å². The molecule has 1 heterocycles. The number of carbonyl (C=O) groups excluding carboxylic acids is 1. The molecule has 0 fully saturated rings. The van der Waals surface area contributed by atoms with Gasteiger partial charge in [0.05, 0.1) is 12.7 Å². The van der Waals surface area contributed by atoms with E-state index in [9.17, 15) is 9.90 Å². The van der Waals surface area contributed by atoms with Gasteiger partial charge in [0.2, 0.25) is 0 Å². The van der Waals surface area contributed by atoms with Gasteiger partial charge in [-0.1, -0.05) is 12.2 Å². The van der Waals surface area contributed by atoms with Crippen LogP contribution in [-0.4, -0.2) is 28.8 Å². The van der Waals surface area contributed by atoms with E-state index in [1.54, 1.807) is 38.1 Å². The predicted octanol–water partition coefficient (Wildman–Crippen LogP) is 1.65. The summed E-state index contributed by atoms with van der Waals surface area (Å²) < 4.78 is 4.56. The van der Waals surface area contributed by atoms with Crippen LogP contribution in [0.2, 0.25) is 0 Å². The number of carbonyl (C=O) groups is 1. The molecule has 0 spiro atoms. The first-order chi connectivity index (χ1) is 7.42. The number of aliphatic hydroxyl groups is 1. The van der Waals surface area contributed by atoms with Crippen molar-refractivity contribution in [3.63, 3.8) is 0 Å². The molecule has 1 rings (SSSR count). The van der Waals surface area contributed by atoms with E-state index in [0.717, 1.165) is 5.56 Å². The Kier molecular flexibility index (Phi) is 3.79. The number of hydrogen-bond acceptors (Lipinski definition) is 4. The minimum absolute atomic E-state index is 0.250. The van der Waals surface area contributed by atoms with Crippen LogP contribution in [0.15, 0.2) is 24.4 Å². The fourth-order valence-corrected chi connectivity index (χ4v) is 1.07. The lowest BCUT2D eigenvalue weighted by atomic mass is 10.1. The van der Waals surface area contributed by atoms with Gasteiger partial charge >= 0.3 is 5.97 Å². The van der Waals surface area contributed by atoms with Crippen LogP contribution in [0.5, 0.6) is 0 Å². The Balaban J connectivity index is 2.91. The minimum atomic E-state index is -0.880. The Morgan fingerprint density at radius 1 is 1.56 bits per heavy atom. The highest BCUT2D eigenvalue weighted by atomic mass is 16.5. The topological polar surface area (TPSA) is 59.4 Å². The molecule has 0 aliphatic carbocycles. The van der Waals surface area contributed by atoms with Crippen molar-refractivity contribution in [2.24, 2.45) is 0 Å². The summed E-state index contributed by atoms with van der Waals surface area (Å²) >= 11 is 0. The first kappa shape index (κ1) is 12.4. The minimum Gasteiger partial charge on any atom is -0.464 e. The number of pyridine rings is 1. The maximum absolute atomic E-state index is 11.2. The van der Waals surface area contributed by atoms with E-state index in [1.807, 2.05) is 0 Å². The van der Waals surface area contributed by atoms with Crippen molar-refractivity contribution < 1.29 is 14.6 Å². The van der Waals surface area contributed by atoms with Crippen LogP contribution in [0, 0.1) is 0 Å². The third-order valence-electron chi connectivity index (χ3n) is 1.86. The lowest BCUT2D eigenvalue weighted by molar-refractivity contribution is 0.0594. The third kappa shape index (κ3) is 3.82. The average Bonchev–Trinajstić information content (AvgIpc) is 2.25. The van der Waals surface area contributed by atoms with Crippen molar-refractivity contribution in [3.8, 4) is 0 Å². The molecule has 0 radical (unpaired) electrons. The average molecular weight is 221 g/mol. The fourth-order valence-electron chi connectivity index (χ4n) is 1.07. The quantitative estimate of drug-likeness (QED) is 0.788. The molecular formula is C12H15NO3. The van der Waals surface area contributed by atoms with Crippen LogP contribution in [-0.2, 0) is 4.74 Å². The highest BCUT2D eigenvalue weighted by Gasteiger charge is 2.08. The number of nitrogens with zero attached hydrogens (tertiary/aromatic N) is 1. The maximum Gasteiger partial charge on any atom is 0.356 e. The molecule has 0 atom stereocenters. The van der Waals surface area contributed by atoms with Crippen molar-refractivity contribution in [2.75, 3.05) is 7.11 Å². The van der Waals surface area contributed by atoms with Crippen LogP contribution in [0.1, 0.15) is 29.9 Å². The summed E-state index contributed by atoms with van der Waals surface area (Å²) in [5.41, 5.74) is 0.159. The third-order valence-corrected chi connectivity index (χ3v) is 1.86. The smallest absolute Gasteiger partial charge is 0.356 e. The zero-order valence-electron chi connectivity index (χ0n) is 9.60. The lowest BCUT2D eigenvalue weighted by Gasteiger charge is -2.10. The summed E-state index contributed by atoms with van der Waals surface area (Å²) in [5, 5.41) is 9.51. The fraction of sp³-hybridized carbons (Fsp3) is 0.333. The molecule has 1 aromatic rings. The first-order valence-electron chi connectivity index (χ1n) is 4.88. The van der Waals surface area contributed by atoms with E-state index >= 15 is 0 Å². The van der Waals surface area contributed by atoms with E-state index in [-0.39, 0.29) is 5.69 Å². The summed E-state index contributed by atoms with van der Waals surface area (Å²) in [5.74, 6) is -0.474. The van der Waals surface area contributed by atoms with Crippen molar-refractivity contribution >= 4 is 12.0 Å². The molecule has 0 aliphatic rings. The Morgan fingerprint density at radius 3 is 2.81 bits per heavy atom. The summed E-state index contributed by atoms with van der Waals surface area (Å²) in [4.78, 5) is 15.1. The molecule has 0 unspecified atom stereocenters. The monoisotopic (exact) mass is 221 g/mol. The van der Waals surface area contributed by atoms with Crippen LogP contribution >= 0.6 is 0 Å². The van der Waals surface area contributed by atoms with E-state index in [2.05, 4.69) is 9.72 Å². The van der Waals surface area contributed by atoms with Gasteiger partial charge in [0.15, 0.2) is 0 Å². The van der Waals surface area contributed by atoms with Crippen molar-refractivity contribution in [1.29, 1.82) is 0 Å². The van der Waals surface area contributed by atoms with Crippen LogP contribution in [0.25, 0.3) is 6.08 Å². The molecule has 16 heavy (non-hydrogen) atoms. The molecule has 4 nitrogen and oxygen atoms in total. The van der Waals surface area contributed by atoms with E-state index in [0.29, 0.717) is 0 Å². The number of hydrogen-bond donors (Lipinski definition) is 1. The SMILES string of the molecule is COC(=O)c1cc(/C=C/C(C)(C)O)ccn1. The Labute approximate surface area is 94.6 Å². The van der Waals surface area contributed by atoms with Gasteiger partial charge in [0.1, 0.15) is 5.69 Å². The van der Waals surface area contributed by atoms with Crippen molar-refractivity contribution in [1.82, 2.24) is 4.98 Å². The summed E-state index contributed by atoms with van der Waals surface area (Å²) in [6, 6.07) is 3.35. The Bertz CT molecular complexity index is 405. The van der Waals surface area contributed by atoms with E-state index in [4.69, 9.17) is 0 Å². The van der Waals surface area contributed by atoms with Gasteiger partial charge in [-0.15, -0.1) is 0 Å². The van der Waals surface area contributed by atoms with Gasteiger partial charge in [-0.3, -0.25) is 0 Å². The van der Waals surface area contributed by atoms with E-state index in [1.165, 1.54) is 13.3 Å². The zero-order valence-corrected chi connectivity index (χ0v) is 9.60. The molecule has 0 saturated heterocycles. The summed E-state index contributed by atoms with van der Waals surface area (Å²) in [7, 11) is 1.31. The molecule has 1 N–H and O–H groups in total. The number of rotatable bonds is 3. The molecule has 0 aliphatic heterocycles. The molecule has 0 bridgehead atoms. The highest BCUT2D eigenvalue weighted by Crippen LogP contribution is 2.09. The van der Waals surface area contributed by atoms with E-state index < -0.39 is 11.6 Å². The molecule has 0 aromatic carbocycles. The maximum atomic E-state index is 11.2. The molecule has 86 valence electrons. The number of aromatic nitrogens is 1. The summed E-state index contributed by atoms with van der Waals surface area (Å²) in [6.07, 6.45) is 4.90. The molecular weight excluding hydrogens is 206 g/mol. The number of ether oxygens (including phenoxy) is 1. The van der Waals surface area contributed by atoms with Gasteiger partial charge in [0, 0.05) is 6.20 Å². The van der Waals surface area contributed by atoms with Crippen molar-refractivity contribution in [2.45, 2.75) is 19.4 Å². The second-order valence-corrected chi connectivity index (χ2v) is 3.95. The van der Waals surface area contributed by atoms with Crippen LogP contribution in [0.3, 0.4) is 0 Å². The number of esters is 1. The van der Waals surface area contributed by atoms with Crippen molar-refractivity contribution in [3.05, 3.63) is 35.7 Å². The first-order valence-corrected chi connectivity index (χ1v) is 4.88. The van der Waals surface area contributed by atoms with Gasteiger partial charge in [-0.05, 0) is 31.5 Å². The normalized spacial score (nSPS) is 11.8. The molecule has 0 saturated carbocycles. The van der Waals surface area contributed by atoms with Gasteiger partial charge in [-0.2, -0.15) is 0 Å². The highest BCUT2D eigenvalue weighted by molar-refractivity contribution is 5.87. The van der Waals surface area contributed by atoms with Gasteiger partial charge in [-0.25, -0.2) is 9.78 Å². The zero-order chi connectivity index (χ0) is 12.2. The largest absolute Gasteiger partial charge is 0.464 e. The van der Waals surface area contributed by atoms with Gasteiger partial charge < -0.3 is 9.84 Å². The Hall–Kier alpha value is -1.68. The van der Waals surface area contributed by atoms with Gasteiger partial charge in [0.25, 0.3) is 0 Å². The van der Waals surface area contributed by atoms with Crippen LogP contribution < -0.4 is 0 Å².